The van der Waals surface area contributed by atoms with Gasteiger partial charge < -0.3 is 0 Å². The van der Waals surface area contributed by atoms with Gasteiger partial charge in [-0.25, -0.2) is 0 Å². The molecule has 0 fully saturated rings. The van der Waals surface area contributed by atoms with Crippen molar-refractivity contribution in [1.29, 1.82) is 0 Å². The Labute approximate surface area is 132 Å². The zero-order valence-electron chi connectivity index (χ0n) is 13.2. The van der Waals surface area contributed by atoms with Gasteiger partial charge in [-0.1, -0.05) is 48.6 Å². The summed E-state index contributed by atoms with van der Waals surface area (Å²) >= 11 is 0. The van der Waals surface area contributed by atoms with Crippen LogP contribution in [0.5, 0.6) is 0 Å². The van der Waals surface area contributed by atoms with E-state index in [2.05, 4.69) is 30.0 Å². The zero-order valence-corrected chi connectivity index (χ0v) is 13.2. The third kappa shape index (κ3) is 3.02. The molecular formula is C20H21NO. The molecule has 0 saturated heterocycles. The van der Waals surface area contributed by atoms with Crippen LogP contribution < -0.4 is 0 Å². The Balaban J connectivity index is 1.89. The van der Waals surface area contributed by atoms with Crippen molar-refractivity contribution in [3.63, 3.8) is 0 Å². The number of benzene rings is 2. The topological polar surface area (TPSA) is 20.3 Å². The zero-order chi connectivity index (χ0) is 15.5. The van der Waals surface area contributed by atoms with Crippen molar-refractivity contribution in [1.82, 2.24) is 4.90 Å². The van der Waals surface area contributed by atoms with Gasteiger partial charge in [-0.05, 0) is 36.6 Å². The summed E-state index contributed by atoms with van der Waals surface area (Å²) in [6.45, 7) is 6.86. The molecule has 2 heteroatoms. The number of aryl methyl sites for hydroxylation is 2. The molecule has 2 nitrogen and oxygen atoms in total. The fourth-order valence-corrected chi connectivity index (χ4v) is 2.81. The smallest absolute Gasteiger partial charge is 0.193 e. The summed E-state index contributed by atoms with van der Waals surface area (Å²) < 4.78 is 0. The lowest BCUT2D eigenvalue weighted by molar-refractivity contribution is 0.103. The average Bonchev–Trinajstić information content (AvgIpc) is 3.03. The maximum absolute atomic E-state index is 12.9. The van der Waals surface area contributed by atoms with Gasteiger partial charge in [0.15, 0.2) is 5.78 Å². The minimum absolute atomic E-state index is 0.117. The summed E-state index contributed by atoms with van der Waals surface area (Å²) in [5.74, 6) is 0.117. The highest BCUT2D eigenvalue weighted by Gasteiger charge is 2.16. The summed E-state index contributed by atoms with van der Waals surface area (Å²) in [6, 6.07) is 13.9. The summed E-state index contributed by atoms with van der Waals surface area (Å²) in [5.41, 5.74) is 5.07. The van der Waals surface area contributed by atoms with Gasteiger partial charge in [0.25, 0.3) is 0 Å². The molecular weight excluding hydrogens is 270 g/mol. The normalized spacial score (nSPS) is 14.5. The molecule has 0 aliphatic carbocycles. The molecule has 1 aliphatic heterocycles. The van der Waals surface area contributed by atoms with E-state index in [9.17, 15) is 4.79 Å². The molecule has 2 aromatic rings. The lowest BCUT2D eigenvalue weighted by atomic mass is 9.96. The first-order valence-corrected chi connectivity index (χ1v) is 7.72. The molecule has 2 aromatic carbocycles. The Kier molecular flexibility index (Phi) is 4.21. The number of ketones is 1. The SMILES string of the molecule is Cc1ccc(C(=O)c2ccccc2CN2CC=CC2)cc1C. The number of rotatable bonds is 4. The number of hydrogen-bond donors (Lipinski definition) is 0. The molecule has 1 aliphatic rings. The van der Waals surface area contributed by atoms with Gasteiger partial charge in [0.1, 0.15) is 0 Å². The van der Waals surface area contributed by atoms with Crippen LogP contribution in [-0.4, -0.2) is 23.8 Å². The number of carbonyl (C=O) groups excluding carboxylic acids is 1. The molecule has 1 heterocycles. The van der Waals surface area contributed by atoms with E-state index in [1.807, 2.05) is 43.3 Å². The Hall–Kier alpha value is -2.19. The van der Waals surface area contributed by atoms with E-state index in [0.717, 1.165) is 41.9 Å². The molecule has 0 radical (unpaired) electrons. The largest absolute Gasteiger partial charge is 0.292 e. The van der Waals surface area contributed by atoms with Gasteiger partial charge in [0.2, 0.25) is 0 Å². The van der Waals surface area contributed by atoms with Gasteiger partial charge in [-0.2, -0.15) is 0 Å². The van der Waals surface area contributed by atoms with Crippen LogP contribution in [-0.2, 0) is 6.54 Å². The summed E-state index contributed by atoms with van der Waals surface area (Å²) in [6.07, 6.45) is 4.35. The van der Waals surface area contributed by atoms with E-state index in [1.54, 1.807) is 0 Å². The first-order valence-electron chi connectivity index (χ1n) is 7.72. The van der Waals surface area contributed by atoms with E-state index in [-0.39, 0.29) is 5.78 Å². The highest BCUT2D eigenvalue weighted by Crippen LogP contribution is 2.19. The molecule has 0 amide bonds. The molecule has 0 N–H and O–H groups in total. The molecule has 3 rings (SSSR count). The maximum Gasteiger partial charge on any atom is 0.193 e. The molecule has 0 atom stereocenters. The number of carbonyl (C=O) groups is 1. The molecule has 0 saturated carbocycles. The van der Waals surface area contributed by atoms with Gasteiger partial charge in [-0.15, -0.1) is 0 Å². The Morgan fingerprint density at radius 2 is 1.73 bits per heavy atom. The second kappa shape index (κ2) is 6.29. The van der Waals surface area contributed by atoms with E-state index in [0.29, 0.717) is 0 Å². The highest BCUT2D eigenvalue weighted by molar-refractivity contribution is 6.10. The van der Waals surface area contributed by atoms with E-state index >= 15 is 0 Å². The third-order valence-corrected chi connectivity index (χ3v) is 4.32. The Morgan fingerprint density at radius 3 is 2.45 bits per heavy atom. The molecule has 0 unspecified atom stereocenters. The van der Waals surface area contributed by atoms with Crippen molar-refractivity contribution in [3.05, 3.63) is 82.4 Å². The first kappa shape index (κ1) is 14.7. The molecule has 0 bridgehead atoms. The monoisotopic (exact) mass is 291 g/mol. The number of nitrogens with zero attached hydrogens (tertiary/aromatic N) is 1. The van der Waals surface area contributed by atoms with E-state index in [4.69, 9.17) is 0 Å². The Morgan fingerprint density at radius 1 is 1.00 bits per heavy atom. The van der Waals surface area contributed by atoms with E-state index in [1.165, 1.54) is 5.56 Å². The van der Waals surface area contributed by atoms with Gasteiger partial charge in [-0.3, -0.25) is 9.69 Å². The van der Waals surface area contributed by atoms with Crippen molar-refractivity contribution in [3.8, 4) is 0 Å². The predicted molar refractivity (Wildman–Crippen MR) is 90.2 cm³/mol. The van der Waals surface area contributed by atoms with Gasteiger partial charge in [0, 0.05) is 30.8 Å². The molecule has 0 aromatic heterocycles. The van der Waals surface area contributed by atoms with Crippen LogP contribution in [0.15, 0.2) is 54.6 Å². The fraction of sp³-hybridized carbons (Fsp3) is 0.250. The lowest BCUT2D eigenvalue weighted by Crippen LogP contribution is -2.21. The van der Waals surface area contributed by atoms with Crippen LogP contribution in [0.4, 0.5) is 0 Å². The first-order chi connectivity index (χ1) is 10.6. The highest BCUT2D eigenvalue weighted by atomic mass is 16.1. The van der Waals surface area contributed by atoms with Crippen LogP contribution >= 0.6 is 0 Å². The maximum atomic E-state index is 12.9. The van der Waals surface area contributed by atoms with Gasteiger partial charge >= 0.3 is 0 Å². The van der Waals surface area contributed by atoms with Crippen molar-refractivity contribution < 1.29 is 4.79 Å². The van der Waals surface area contributed by atoms with E-state index < -0.39 is 0 Å². The van der Waals surface area contributed by atoms with Crippen molar-refractivity contribution >= 4 is 5.78 Å². The fourth-order valence-electron chi connectivity index (χ4n) is 2.81. The third-order valence-electron chi connectivity index (χ3n) is 4.32. The predicted octanol–water partition coefficient (Wildman–Crippen LogP) is 3.91. The van der Waals surface area contributed by atoms with Gasteiger partial charge in [0.05, 0.1) is 0 Å². The molecule has 0 spiro atoms. The summed E-state index contributed by atoms with van der Waals surface area (Å²) in [7, 11) is 0. The van der Waals surface area contributed by atoms with Crippen molar-refractivity contribution in [2.75, 3.05) is 13.1 Å². The second-order valence-corrected chi connectivity index (χ2v) is 5.95. The number of hydrogen-bond acceptors (Lipinski definition) is 2. The Bertz CT molecular complexity index is 722. The van der Waals surface area contributed by atoms with Crippen LogP contribution in [0.3, 0.4) is 0 Å². The summed E-state index contributed by atoms with van der Waals surface area (Å²) in [4.78, 5) is 15.2. The van der Waals surface area contributed by atoms with Crippen LogP contribution in [0.25, 0.3) is 0 Å². The van der Waals surface area contributed by atoms with Crippen LogP contribution in [0.2, 0.25) is 0 Å². The quantitative estimate of drug-likeness (QED) is 0.629. The lowest BCUT2D eigenvalue weighted by Gasteiger charge is -2.17. The minimum atomic E-state index is 0.117. The average molecular weight is 291 g/mol. The standard InChI is InChI=1S/C20H21NO/c1-15-9-10-17(13-16(15)2)20(22)19-8-4-3-7-18(19)14-21-11-5-6-12-21/h3-10,13H,11-12,14H2,1-2H3. The molecule has 22 heavy (non-hydrogen) atoms. The van der Waals surface area contributed by atoms with Crippen LogP contribution in [0.1, 0.15) is 32.6 Å². The minimum Gasteiger partial charge on any atom is -0.292 e. The summed E-state index contributed by atoms with van der Waals surface area (Å²) in [5, 5.41) is 0. The second-order valence-electron chi connectivity index (χ2n) is 5.95. The van der Waals surface area contributed by atoms with Crippen molar-refractivity contribution in [2.45, 2.75) is 20.4 Å². The molecule has 112 valence electrons. The van der Waals surface area contributed by atoms with Crippen molar-refractivity contribution in [2.24, 2.45) is 0 Å². The van der Waals surface area contributed by atoms with Crippen LogP contribution in [0, 0.1) is 13.8 Å².